The normalized spacial score (nSPS) is 36.3. The Hall–Kier alpha value is 0.465. The van der Waals surface area contributed by atoms with Crippen LogP contribution in [0.3, 0.4) is 0 Å². The Bertz CT molecular complexity index is 163. The van der Waals surface area contributed by atoms with Crippen LogP contribution in [0.5, 0.6) is 0 Å². The van der Waals surface area contributed by atoms with Gasteiger partial charge in [0.1, 0.15) is 0 Å². The zero-order valence-electron chi connectivity index (χ0n) is 7.48. The summed E-state index contributed by atoms with van der Waals surface area (Å²) in [5.41, 5.74) is -0.364. The summed E-state index contributed by atoms with van der Waals surface area (Å²) in [5.74, 6) is -0.248. The van der Waals surface area contributed by atoms with E-state index in [9.17, 15) is 0 Å². The largest absolute Gasteiger partial charge is 0.540 e. The molecule has 0 radical (unpaired) electrons. The van der Waals surface area contributed by atoms with Crippen molar-refractivity contribution in [2.75, 3.05) is 0 Å². The first-order chi connectivity index (χ1) is 4.91. The van der Waals surface area contributed by atoms with Crippen LogP contribution in [0.4, 0.5) is 0 Å². The summed E-state index contributed by atoms with van der Waals surface area (Å²) in [6, 6.07) is 0. The number of rotatable bonds is 1. The Balaban J connectivity index is 2.81. The molecule has 2 nitrogen and oxygen atoms in total. The molecule has 0 amide bonds. The van der Waals surface area contributed by atoms with E-state index in [4.69, 9.17) is 9.31 Å². The highest BCUT2D eigenvalue weighted by atomic mass is 79.9. The minimum atomic E-state index is -0.248. The summed E-state index contributed by atoms with van der Waals surface area (Å²) in [4.78, 5) is 0. The second kappa shape index (κ2) is 2.75. The molecule has 1 aliphatic rings. The molecule has 1 unspecified atom stereocenters. The molecule has 0 spiro atoms. The van der Waals surface area contributed by atoms with Crippen LogP contribution in [0.25, 0.3) is 0 Å². The number of hydrogen-bond acceptors (Lipinski definition) is 2. The standard InChI is InChI=1S/C7H14BBrO2/c1-5-7(4)6(2,3)10-8(9)11-7/h5H2,1-4H3. The van der Waals surface area contributed by atoms with Crippen LogP contribution < -0.4 is 0 Å². The SMILES string of the molecule is CCC1(C)OB(Br)OC1(C)C. The van der Waals surface area contributed by atoms with Gasteiger partial charge in [-0.05, 0) is 27.2 Å². The minimum Gasteiger partial charge on any atom is -0.394 e. The van der Waals surface area contributed by atoms with E-state index >= 15 is 0 Å². The third-order valence-electron chi connectivity index (χ3n) is 2.69. The van der Waals surface area contributed by atoms with Crippen LogP contribution in [0.15, 0.2) is 0 Å². The van der Waals surface area contributed by atoms with Gasteiger partial charge in [-0.15, -0.1) is 0 Å². The maximum atomic E-state index is 5.61. The fraction of sp³-hybridized carbons (Fsp3) is 1.00. The van der Waals surface area contributed by atoms with Gasteiger partial charge in [-0.1, -0.05) is 22.7 Å². The van der Waals surface area contributed by atoms with E-state index in [2.05, 4.69) is 43.5 Å². The lowest BCUT2D eigenvalue weighted by Crippen LogP contribution is -2.44. The molecular weight excluding hydrogens is 207 g/mol. The molecule has 1 heterocycles. The minimum absolute atomic E-state index is 0.166. The van der Waals surface area contributed by atoms with Gasteiger partial charge in [0.15, 0.2) is 0 Å². The highest BCUT2D eigenvalue weighted by Gasteiger charge is 2.52. The number of halogens is 1. The Morgan fingerprint density at radius 3 is 2.00 bits per heavy atom. The smallest absolute Gasteiger partial charge is 0.394 e. The molecule has 0 saturated carbocycles. The van der Waals surface area contributed by atoms with Gasteiger partial charge in [0.2, 0.25) is 0 Å². The van der Waals surface area contributed by atoms with E-state index in [1.54, 1.807) is 0 Å². The summed E-state index contributed by atoms with van der Waals surface area (Å²) in [7, 11) is 0. The third kappa shape index (κ3) is 1.49. The maximum Gasteiger partial charge on any atom is 0.540 e. The van der Waals surface area contributed by atoms with Gasteiger partial charge in [0, 0.05) is 0 Å². The molecule has 1 atom stereocenters. The van der Waals surface area contributed by atoms with Crippen molar-refractivity contribution in [3.63, 3.8) is 0 Å². The maximum absolute atomic E-state index is 5.61. The Kier molecular flexibility index (Phi) is 2.39. The van der Waals surface area contributed by atoms with E-state index in [1.165, 1.54) is 0 Å². The first-order valence-corrected chi connectivity index (χ1v) is 4.82. The van der Waals surface area contributed by atoms with Crippen LogP contribution >= 0.6 is 15.8 Å². The lowest BCUT2D eigenvalue weighted by atomic mass is 9.86. The van der Waals surface area contributed by atoms with Crippen molar-refractivity contribution in [1.29, 1.82) is 0 Å². The van der Waals surface area contributed by atoms with Crippen LogP contribution in [0, 0.1) is 0 Å². The van der Waals surface area contributed by atoms with Gasteiger partial charge in [0.25, 0.3) is 0 Å². The second-order valence-electron chi connectivity index (χ2n) is 3.60. The first-order valence-electron chi connectivity index (χ1n) is 3.91. The average Bonchev–Trinajstić information content (AvgIpc) is 2.03. The first kappa shape index (κ1) is 9.55. The predicted octanol–water partition coefficient (Wildman–Crippen LogP) is 2.36. The van der Waals surface area contributed by atoms with Crippen molar-refractivity contribution in [2.24, 2.45) is 0 Å². The molecule has 1 fully saturated rings. The molecular formula is C7H14BBrO2. The molecule has 1 aliphatic heterocycles. The second-order valence-corrected chi connectivity index (χ2v) is 4.35. The lowest BCUT2D eigenvalue weighted by Gasteiger charge is -2.35. The van der Waals surface area contributed by atoms with Crippen molar-refractivity contribution in [1.82, 2.24) is 0 Å². The van der Waals surface area contributed by atoms with Crippen molar-refractivity contribution in [2.45, 2.75) is 45.3 Å². The van der Waals surface area contributed by atoms with Crippen LogP contribution in [0.1, 0.15) is 34.1 Å². The quantitative estimate of drug-likeness (QED) is 0.632. The molecule has 0 aromatic rings. The summed E-state index contributed by atoms with van der Waals surface area (Å²) in [6.07, 6.45) is 0.960. The van der Waals surface area contributed by atoms with Gasteiger partial charge in [-0.25, -0.2) is 0 Å². The molecule has 64 valence electrons. The number of hydrogen-bond donors (Lipinski definition) is 0. The van der Waals surface area contributed by atoms with Gasteiger partial charge in [0.05, 0.1) is 11.2 Å². The average molecular weight is 221 g/mol. The summed E-state index contributed by atoms with van der Waals surface area (Å²) >= 11 is 3.29. The van der Waals surface area contributed by atoms with Gasteiger partial charge in [-0.3, -0.25) is 0 Å². The molecule has 0 aromatic heterocycles. The van der Waals surface area contributed by atoms with Crippen LogP contribution in [0.2, 0.25) is 0 Å². The molecule has 11 heavy (non-hydrogen) atoms. The van der Waals surface area contributed by atoms with Gasteiger partial charge in [-0.2, -0.15) is 0 Å². The fourth-order valence-electron chi connectivity index (χ4n) is 1.24. The van der Waals surface area contributed by atoms with Crippen molar-refractivity contribution in [3.05, 3.63) is 0 Å². The molecule has 0 aromatic carbocycles. The fourth-order valence-corrected chi connectivity index (χ4v) is 2.12. The predicted molar refractivity (Wildman–Crippen MR) is 49.6 cm³/mol. The summed E-state index contributed by atoms with van der Waals surface area (Å²) in [6.45, 7) is 8.29. The Morgan fingerprint density at radius 2 is 1.82 bits per heavy atom. The summed E-state index contributed by atoms with van der Waals surface area (Å²) < 4.78 is 11.2. The van der Waals surface area contributed by atoms with Crippen LogP contribution in [-0.2, 0) is 9.31 Å². The molecule has 0 N–H and O–H groups in total. The molecule has 0 aliphatic carbocycles. The summed E-state index contributed by atoms with van der Waals surface area (Å²) in [5, 5.41) is 0. The Labute approximate surface area is 76.8 Å². The van der Waals surface area contributed by atoms with Gasteiger partial charge < -0.3 is 9.31 Å². The molecule has 1 rings (SSSR count). The monoisotopic (exact) mass is 220 g/mol. The van der Waals surface area contributed by atoms with E-state index in [1.807, 2.05) is 0 Å². The molecule has 4 heteroatoms. The molecule has 1 saturated heterocycles. The van der Waals surface area contributed by atoms with Crippen LogP contribution in [-0.4, -0.2) is 17.1 Å². The highest BCUT2D eigenvalue weighted by molar-refractivity contribution is 9.24. The van der Waals surface area contributed by atoms with Crippen molar-refractivity contribution >= 4 is 21.7 Å². The third-order valence-corrected chi connectivity index (χ3v) is 3.06. The van der Waals surface area contributed by atoms with E-state index < -0.39 is 0 Å². The van der Waals surface area contributed by atoms with E-state index in [0.29, 0.717) is 0 Å². The zero-order chi connectivity index (χ0) is 8.70. The van der Waals surface area contributed by atoms with Crippen molar-refractivity contribution in [3.8, 4) is 0 Å². The molecule has 0 bridgehead atoms. The van der Waals surface area contributed by atoms with Gasteiger partial charge >= 0.3 is 5.94 Å². The zero-order valence-corrected chi connectivity index (χ0v) is 9.06. The Morgan fingerprint density at radius 1 is 1.27 bits per heavy atom. The highest BCUT2D eigenvalue weighted by Crippen LogP contribution is 2.40. The van der Waals surface area contributed by atoms with E-state index in [0.717, 1.165) is 6.42 Å². The topological polar surface area (TPSA) is 18.5 Å². The lowest BCUT2D eigenvalue weighted by molar-refractivity contribution is -0.0118. The van der Waals surface area contributed by atoms with E-state index in [-0.39, 0.29) is 17.1 Å². The van der Waals surface area contributed by atoms with Crippen molar-refractivity contribution < 1.29 is 9.31 Å².